The molecule has 0 atom stereocenters. The summed E-state index contributed by atoms with van der Waals surface area (Å²) in [6.07, 6.45) is 1.58. The second-order valence-electron chi connectivity index (χ2n) is 5.43. The van der Waals surface area contributed by atoms with E-state index in [4.69, 9.17) is 16.7 Å². The van der Waals surface area contributed by atoms with Crippen molar-refractivity contribution in [3.05, 3.63) is 17.4 Å². The number of aromatic nitrogens is 3. The first-order valence-electron chi connectivity index (χ1n) is 7.46. The predicted octanol–water partition coefficient (Wildman–Crippen LogP) is -0.212. The van der Waals surface area contributed by atoms with Crippen LogP contribution < -0.4 is 20.7 Å². The van der Waals surface area contributed by atoms with Crippen LogP contribution in [0.2, 0.25) is 5.15 Å². The van der Waals surface area contributed by atoms with E-state index in [1.54, 1.807) is 12.3 Å². The Labute approximate surface area is 144 Å². The minimum atomic E-state index is -3.55. The molecular weight excluding hydrogens is 354 g/mol. The van der Waals surface area contributed by atoms with E-state index in [1.807, 2.05) is 0 Å². The number of fused-ring (bicyclic) bond motifs is 1. The number of pyridine rings is 1. The number of halogens is 1. The summed E-state index contributed by atoms with van der Waals surface area (Å²) in [4.78, 5) is 15.2. The highest BCUT2D eigenvalue weighted by Crippen LogP contribution is 2.25. The van der Waals surface area contributed by atoms with Crippen molar-refractivity contribution < 1.29 is 8.42 Å². The van der Waals surface area contributed by atoms with Gasteiger partial charge in [0.05, 0.1) is 17.5 Å². The summed E-state index contributed by atoms with van der Waals surface area (Å²) in [6, 6.07) is 1.65. The van der Waals surface area contributed by atoms with Gasteiger partial charge in [-0.3, -0.25) is 0 Å². The Kier molecular flexibility index (Phi) is 4.99. The highest BCUT2D eigenvalue weighted by atomic mass is 35.5. The van der Waals surface area contributed by atoms with Gasteiger partial charge < -0.3 is 15.5 Å². The maximum absolute atomic E-state index is 11.1. The Morgan fingerprint density at radius 3 is 2.79 bits per heavy atom. The van der Waals surface area contributed by atoms with Crippen LogP contribution in [-0.4, -0.2) is 61.8 Å². The largest absolute Gasteiger partial charge is 0.368 e. The van der Waals surface area contributed by atoms with E-state index < -0.39 is 10.0 Å². The van der Waals surface area contributed by atoms with Crippen molar-refractivity contribution in [2.75, 3.05) is 48.7 Å². The van der Waals surface area contributed by atoms with Crippen molar-refractivity contribution >= 4 is 44.3 Å². The topological polar surface area (TPSA) is 126 Å². The van der Waals surface area contributed by atoms with Gasteiger partial charge in [-0.1, -0.05) is 11.6 Å². The standard InChI is InChI=1S/C13H18ClN7O2S/c14-11-7-9-10(8-18-11)19-13(21-4-1-16-2-5-21)20-12(9)17-3-6-24(15,22)23/h7-8,16H,1-6H2,(H2,15,22,23)(H,17,19,20). The van der Waals surface area contributed by atoms with Gasteiger partial charge in [0.1, 0.15) is 11.0 Å². The summed E-state index contributed by atoms with van der Waals surface area (Å²) in [5, 5.41) is 12.3. The molecule has 0 spiro atoms. The summed E-state index contributed by atoms with van der Waals surface area (Å²) in [5.41, 5.74) is 0.640. The van der Waals surface area contributed by atoms with Crippen molar-refractivity contribution in [3.63, 3.8) is 0 Å². The van der Waals surface area contributed by atoms with E-state index in [1.165, 1.54) is 0 Å². The zero-order valence-electron chi connectivity index (χ0n) is 12.9. The molecule has 4 N–H and O–H groups in total. The summed E-state index contributed by atoms with van der Waals surface area (Å²) >= 11 is 5.96. The Hall–Kier alpha value is -1.75. The second-order valence-corrected chi connectivity index (χ2v) is 7.55. The van der Waals surface area contributed by atoms with Gasteiger partial charge in [0.2, 0.25) is 16.0 Å². The number of piperazine rings is 1. The van der Waals surface area contributed by atoms with E-state index in [2.05, 4.69) is 30.5 Å². The van der Waals surface area contributed by atoms with Gasteiger partial charge in [0, 0.05) is 38.1 Å². The van der Waals surface area contributed by atoms with Crippen LogP contribution in [0.5, 0.6) is 0 Å². The molecule has 1 aliphatic rings. The fourth-order valence-electron chi connectivity index (χ4n) is 2.45. The first kappa shape index (κ1) is 17.1. The third-order valence-corrected chi connectivity index (χ3v) is 4.60. The van der Waals surface area contributed by atoms with Crippen LogP contribution in [0.25, 0.3) is 10.9 Å². The number of primary sulfonamides is 1. The van der Waals surface area contributed by atoms with Gasteiger partial charge in [-0.15, -0.1) is 0 Å². The maximum Gasteiger partial charge on any atom is 0.228 e. The van der Waals surface area contributed by atoms with Crippen molar-refractivity contribution in [1.82, 2.24) is 20.3 Å². The van der Waals surface area contributed by atoms with Crippen LogP contribution in [0.1, 0.15) is 0 Å². The van der Waals surface area contributed by atoms with Gasteiger partial charge in [-0.05, 0) is 6.07 Å². The SMILES string of the molecule is NS(=O)(=O)CCNc1nc(N2CCNCC2)nc2cnc(Cl)cc12. The third-order valence-electron chi connectivity index (χ3n) is 3.62. The zero-order valence-corrected chi connectivity index (χ0v) is 14.4. The van der Waals surface area contributed by atoms with Crippen molar-refractivity contribution in [3.8, 4) is 0 Å². The molecule has 0 unspecified atom stereocenters. The van der Waals surface area contributed by atoms with Crippen molar-refractivity contribution in [2.45, 2.75) is 0 Å². The molecule has 1 saturated heterocycles. The normalized spacial score (nSPS) is 15.7. The molecule has 0 radical (unpaired) electrons. The number of hydrogen-bond acceptors (Lipinski definition) is 8. The fourth-order valence-corrected chi connectivity index (χ4v) is 2.99. The lowest BCUT2D eigenvalue weighted by molar-refractivity contribution is 0.580. The molecule has 0 aromatic carbocycles. The molecule has 0 aliphatic carbocycles. The number of sulfonamides is 1. The molecule has 3 rings (SSSR count). The van der Waals surface area contributed by atoms with Gasteiger partial charge in [0.15, 0.2) is 0 Å². The molecule has 2 aromatic rings. The van der Waals surface area contributed by atoms with Crippen LogP contribution in [0.15, 0.2) is 12.3 Å². The number of nitrogens with one attached hydrogen (secondary N) is 2. The number of nitrogens with two attached hydrogens (primary N) is 1. The average molecular weight is 372 g/mol. The second kappa shape index (κ2) is 7.01. The van der Waals surface area contributed by atoms with Gasteiger partial charge in [-0.2, -0.15) is 4.98 Å². The molecule has 1 fully saturated rings. The molecule has 24 heavy (non-hydrogen) atoms. The number of rotatable bonds is 5. The molecule has 0 bridgehead atoms. The quantitative estimate of drug-likeness (QED) is 0.616. The van der Waals surface area contributed by atoms with E-state index in [0.29, 0.717) is 27.8 Å². The average Bonchev–Trinajstić information content (AvgIpc) is 2.54. The molecule has 2 aromatic heterocycles. The maximum atomic E-state index is 11.1. The molecule has 130 valence electrons. The fraction of sp³-hybridized carbons (Fsp3) is 0.462. The van der Waals surface area contributed by atoms with Gasteiger partial charge >= 0.3 is 0 Å². The Morgan fingerprint density at radius 1 is 1.33 bits per heavy atom. The van der Waals surface area contributed by atoms with Crippen molar-refractivity contribution in [2.24, 2.45) is 5.14 Å². The zero-order chi connectivity index (χ0) is 17.2. The Balaban J connectivity index is 1.94. The predicted molar refractivity (Wildman–Crippen MR) is 93.9 cm³/mol. The highest BCUT2D eigenvalue weighted by Gasteiger charge is 2.16. The minimum Gasteiger partial charge on any atom is -0.368 e. The minimum absolute atomic E-state index is 0.145. The monoisotopic (exact) mass is 371 g/mol. The van der Waals surface area contributed by atoms with Gasteiger partial charge in [0.25, 0.3) is 0 Å². The highest BCUT2D eigenvalue weighted by molar-refractivity contribution is 7.89. The number of hydrogen-bond donors (Lipinski definition) is 3. The number of nitrogens with zero attached hydrogens (tertiary/aromatic N) is 4. The van der Waals surface area contributed by atoms with E-state index in [0.717, 1.165) is 26.2 Å². The van der Waals surface area contributed by atoms with Crippen LogP contribution >= 0.6 is 11.6 Å². The molecular formula is C13H18ClN7O2S. The lowest BCUT2D eigenvalue weighted by Crippen LogP contribution is -2.44. The Bertz CT molecular complexity index is 840. The summed E-state index contributed by atoms with van der Waals surface area (Å²) in [6.45, 7) is 3.45. The molecule has 11 heteroatoms. The third kappa shape index (κ3) is 4.20. The molecule has 9 nitrogen and oxygen atoms in total. The van der Waals surface area contributed by atoms with E-state index in [-0.39, 0.29) is 12.3 Å². The van der Waals surface area contributed by atoms with Crippen LogP contribution in [-0.2, 0) is 10.0 Å². The first-order valence-corrected chi connectivity index (χ1v) is 9.55. The van der Waals surface area contributed by atoms with Gasteiger partial charge in [-0.25, -0.2) is 23.5 Å². The first-order chi connectivity index (χ1) is 11.4. The summed E-state index contributed by atoms with van der Waals surface area (Å²) < 4.78 is 22.2. The molecule has 1 aliphatic heterocycles. The van der Waals surface area contributed by atoms with Crippen LogP contribution in [0.4, 0.5) is 11.8 Å². The van der Waals surface area contributed by atoms with Crippen LogP contribution in [0, 0.1) is 0 Å². The molecule has 3 heterocycles. The molecule has 0 saturated carbocycles. The molecule has 0 amide bonds. The van der Waals surface area contributed by atoms with E-state index in [9.17, 15) is 8.42 Å². The summed E-state index contributed by atoms with van der Waals surface area (Å²) in [5.74, 6) is 0.896. The summed E-state index contributed by atoms with van der Waals surface area (Å²) in [7, 11) is -3.55. The number of anilines is 2. The smallest absolute Gasteiger partial charge is 0.228 e. The van der Waals surface area contributed by atoms with E-state index >= 15 is 0 Å². The van der Waals surface area contributed by atoms with Crippen LogP contribution in [0.3, 0.4) is 0 Å². The lowest BCUT2D eigenvalue weighted by atomic mass is 10.3. The Morgan fingerprint density at radius 2 is 2.08 bits per heavy atom. The van der Waals surface area contributed by atoms with Crippen molar-refractivity contribution in [1.29, 1.82) is 0 Å². The lowest BCUT2D eigenvalue weighted by Gasteiger charge is -2.28.